The third kappa shape index (κ3) is 5.76. The highest BCUT2D eigenvalue weighted by Gasteiger charge is 2.19. The summed E-state index contributed by atoms with van der Waals surface area (Å²) in [5, 5.41) is 2.87. The second-order valence-electron chi connectivity index (χ2n) is 6.64. The molecule has 7 heteroatoms. The van der Waals surface area contributed by atoms with Crippen molar-refractivity contribution in [2.45, 2.75) is 32.2 Å². The Bertz CT molecular complexity index is 988. The zero-order valence-corrected chi connectivity index (χ0v) is 16.6. The standard InChI is InChI=1S/C23H23FN2O4/c1-2-29-23(28)14-19(16-8-4-3-5-9-16)26-21(27)12-13-22-25-15-20(30-22)17-10-6-7-11-18(17)24/h3-11,15,19H,2,12-14H2,1H3,(H,26,27). The number of nitrogens with one attached hydrogen (secondary N) is 1. The van der Waals surface area contributed by atoms with Crippen molar-refractivity contribution in [3.05, 3.63) is 78.1 Å². The number of aryl methyl sites for hydroxylation is 1. The van der Waals surface area contributed by atoms with Gasteiger partial charge in [0, 0.05) is 12.8 Å². The highest BCUT2D eigenvalue weighted by molar-refractivity contribution is 5.78. The topological polar surface area (TPSA) is 81.4 Å². The average molecular weight is 410 g/mol. The maximum absolute atomic E-state index is 13.9. The zero-order valence-electron chi connectivity index (χ0n) is 16.6. The summed E-state index contributed by atoms with van der Waals surface area (Å²) in [6, 6.07) is 15.0. The Kier molecular flexibility index (Phi) is 7.32. The van der Waals surface area contributed by atoms with Gasteiger partial charge < -0.3 is 14.5 Å². The van der Waals surface area contributed by atoms with Crippen molar-refractivity contribution in [1.82, 2.24) is 10.3 Å². The number of nitrogens with zero attached hydrogens (tertiary/aromatic N) is 1. The van der Waals surface area contributed by atoms with E-state index in [1.54, 1.807) is 25.1 Å². The number of esters is 1. The minimum atomic E-state index is -0.490. The van der Waals surface area contributed by atoms with Crippen molar-refractivity contribution in [2.75, 3.05) is 6.61 Å². The summed E-state index contributed by atoms with van der Waals surface area (Å²) < 4.78 is 24.5. The fourth-order valence-corrected chi connectivity index (χ4v) is 3.02. The number of benzene rings is 2. The molecule has 3 aromatic rings. The summed E-state index contributed by atoms with van der Waals surface area (Å²) in [5.74, 6) is -0.381. The molecular weight excluding hydrogens is 387 g/mol. The van der Waals surface area contributed by atoms with Crippen LogP contribution in [0.25, 0.3) is 11.3 Å². The Morgan fingerprint density at radius 2 is 1.87 bits per heavy atom. The first kappa shape index (κ1) is 21.2. The van der Waals surface area contributed by atoms with E-state index in [-0.39, 0.29) is 37.7 Å². The number of carbonyl (C=O) groups is 2. The molecule has 0 aliphatic rings. The first-order valence-corrected chi connectivity index (χ1v) is 9.76. The summed E-state index contributed by atoms with van der Waals surface area (Å²) in [6.45, 7) is 2.02. The van der Waals surface area contributed by atoms with E-state index < -0.39 is 11.9 Å². The number of oxazole rings is 1. The third-order valence-corrected chi connectivity index (χ3v) is 4.47. The Hall–Kier alpha value is -3.48. The van der Waals surface area contributed by atoms with Gasteiger partial charge in [-0.05, 0) is 24.6 Å². The fourth-order valence-electron chi connectivity index (χ4n) is 3.02. The number of hydrogen-bond acceptors (Lipinski definition) is 5. The number of halogens is 1. The zero-order chi connectivity index (χ0) is 21.3. The molecule has 0 aliphatic heterocycles. The van der Waals surface area contributed by atoms with Crippen LogP contribution in [0.5, 0.6) is 0 Å². The molecule has 0 fully saturated rings. The minimum absolute atomic E-state index is 0.0417. The molecule has 0 spiro atoms. The van der Waals surface area contributed by atoms with Gasteiger partial charge in [-0.15, -0.1) is 0 Å². The minimum Gasteiger partial charge on any atom is -0.466 e. The smallest absolute Gasteiger partial charge is 0.308 e. The summed E-state index contributed by atoms with van der Waals surface area (Å²) >= 11 is 0. The molecule has 6 nitrogen and oxygen atoms in total. The molecule has 1 amide bonds. The van der Waals surface area contributed by atoms with Gasteiger partial charge in [-0.25, -0.2) is 9.37 Å². The Labute approximate surface area is 174 Å². The second kappa shape index (κ2) is 10.3. The van der Waals surface area contributed by atoms with E-state index in [0.717, 1.165) is 5.56 Å². The van der Waals surface area contributed by atoms with E-state index in [4.69, 9.17) is 9.15 Å². The van der Waals surface area contributed by atoms with E-state index in [2.05, 4.69) is 10.3 Å². The number of rotatable bonds is 9. The molecule has 0 bridgehead atoms. The molecule has 0 saturated carbocycles. The number of hydrogen-bond donors (Lipinski definition) is 1. The van der Waals surface area contributed by atoms with Gasteiger partial charge in [0.25, 0.3) is 0 Å². The van der Waals surface area contributed by atoms with Gasteiger partial charge in [0.2, 0.25) is 5.91 Å². The first-order chi connectivity index (χ1) is 14.6. The lowest BCUT2D eigenvalue weighted by molar-refractivity contribution is -0.143. The van der Waals surface area contributed by atoms with Crippen molar-refractivity contribution in [2.24, 2.45) is 0 Å². The first-order valence-electron chi connectivity index (χ1n) is 9.76. The van der Waals surface area contributed by atoms with Gasteiger partial charge in [0.05, 0.1) is 30.8 Å². The van der Waals surface area contributed by atoms with Gasteiger partial charge in [-0.2, -0.15) is 0 Å². The molecule has 156 valence electrons. The molecule has 30 heavy (non-hydrogen) atoms. The van der Waals surface area contributed by atoms with Crippen molar-refractivity contribution in [1.29, 1.82) is 0 Å². The molecule has 1 aromatic heterocycles. The fraction of sp³-hybridized carbons (Fsp3) is 0.261. The number of ether oxygens (including phenoxy) is 1. The van der Waals surface area contributed by atoms with Crippen LogP contribution in [-0.4, -0.2) is 23.5 Å². The van der Waals surface area contributed by atoms with E-state index in [1.165, 1.54) is 12.3 Å². The Morgan fingerprint density at radius 3 is 2.60 bits per heavy atom. The lowest BCUT2D eigenvalue weighted by Crippen LogP contribution is -2.30. The van der Waals surface area contributed by atoms with Crippen LogP contribution in [0.15, 0.2) is 65.2 Å². The van der Waals surface area contributed by atoms with E-state index >= 15 is 0 Å². The highest BCUT2D eigenvalue weighted by Crippen LogP contribution is 2.24. The van der Waals surface area contributed by atoms with Gasteiger partial charge in [-0.3, -0.25) is 9.59 Å². The predicted octanol–water partition coefficient (Wildman–Crippen LogP) is 4.22. The highest BCUT2D eigenvalue weighted by atomic mass is 19.1. The molecule has 0 saturated heterocycles. The van der Waals surface area contributed by atoms with Crippen molar-refractivity contribution in [3.63, 3.8) is 0 Å². The third-order valence-electron chi connectivity index (χ3n) is 4.47. The maximum atomic E-state index is 13.9. The van der Waals surface area contributed by atoms with Crippen LogP contribution in [0, 0.1) is 5.82 Å². The SMILES string of the molecule is CCOC(=O)CC(NC(=O)CCc1ncc(-c2ccccc2F)o1)c1ccccc1. The number of carbonyl (C=O) groups excluding carboxylic acids is 2. The van der Waals surface area contributed by atoms with E-state index in [9.17, 15) is 14.0 Å². The maximum Gasteiger partial charge on any atom is 0.308 e. The van der Waals surface area contributed by atoms with Crippen LogP contribution in [0.1, 0.15) is 37.3 Å². The molecular formula is C23H23FN2O4. The van der Waals surface area contributed by atoms with Crippen LogP contribution in [0.2, 0.25) is 0 Å². The molecule has 1 N–H and O–H groups in total. The Balaban J connectivity index is 1.60. The summed E-state index contributed by atoms with van der Waals surface area (Å²) in [5.41, 5.74) is 1.14. The Morgan fingerprint density at radius 1 is 1.13 bits per heavy atom. The molecule has 1 atom stereocenters. The van der Waals surface area contributed by atoms with Crippen molar-refractivity contribution in [3.8, 4) is 11.3 Å². The molecule has 1 heterocycles. The lowest BCUT2D eigenvalue weighted by atomic mass is 10.0. The number of amides is 1. The lowest BCUT2D eigenvalue weighted by Gasteiger charge is -2.18. The monoisotopic (exact) mass is 410 g/mol. The molecule has 2 aromatic carbocycles. The quantitative estimate of drug-likeness (QED) is 0.534. The van der Waals surface area contributed by atoms with Crippen LogP contribution >= 0.6 is 0 Å². The van der Waals surface area contributed by atoms with Crippen LogP contribution < -0.4 is 5.32 Å². The van der Waals surface area contributed by atoms with Crippen LogP contribution in [0.4, 0.5) is 4.39 Å². The van der Waals surface area contributed by atoms with Crippen LogP contribution in [-0.2, 0) is 20.7 Å². The van der Waals surface area contributed by atoms with E-state index in [0.29, 0.717) is 17.2 Å². The summed E-state index contributed by atoms with van der Waals surface area (Å²) in [4.78, 5) is 28.5. The second-order valence-corrected chi connectivity index (χ2v) is 6.64. The molecule has 0 radical (unpaired) electrons. The van der Waals surface area contributed by atoms with Gasteiger partial charge in [0.15, 0.2) is 11.7 Å². The molecule has 3 rings (SSSR count). The predicted molar refractivity (Wildman–Crippen MR) is 109 cm³/mol. The van der Waals surface area contributed by atoms with Crippen molar-refractivity contribution < 1.29 is 23.1 Å². The molecule has 1 unspecified atom stereocenters. The average Bonchev–Trinajstić information content (AvgIpc) is 3.22. The summed E-state index contributed by atoms with van der Waals surface area (Å²) in [7, 11) is 0. The van der Waals surface area contributed by atoms with Crippen molar-refractivity contribution >= 4 is 11.9 Å². The van der Waals surface area contributed by atoms with E-state index in [1.807, 2.05) is 30.3 Å². The van der Waals surface area contributed by atoms with Gasteiger partial charge in [-0.1, -0.05) is 42.5 Å². The largest absolute Gasteiger partial charge is 0.466 e. The van der Waals surface area contributed by atoms with Crippen LogP contribution in [0.3, 0.4) is 0 Å². The normalized spacial score (nSPS) is 11.7. The molecule has 0 aliphatic carbocycles. The van der Waals surface area contributed by atoms with Gasteiger partial charge >= 0.3 is 5.97 Å². The summed E-state index contributed by atoms with van der Waals surface area (Å²) in [6.07, 6.45) is 1.85. The number of aromatic nitrogens is 1. The van der Waals surface area contributed by atoms with Gasteiger partial charge in [0.1, 0.15) is 5.82 Å².